The topological polar surface area (TPSA) is 359 Å². The fourth-order valence-electron chi connectivity index (χ4n) is 18.9. The Balaban J connectivity index is 0.000000112. The molecule has 0 spiro atoms. The minimum absolute atomic E-state index is 0.00259. The average Bonchev–Trinajstić information content (AvgIpc) is 1.58. The third-order valence-electron chi connectivity index (χ3n) is 23.6. The van der Waals surface area contributed by atoms with Gasteiger partial charge in [-0.05, 0) is 143 Å². The summed E-state index contributed by atoms with van der Waals surface area (Å²) in [6.45, 7) is 16.1. The Labute approximate surface area is 564 Å². The van der Waals surface area contributed by atoms with E-state index < -0.39 is 41.9 Å². The van der Waals surface area contributed by atoms with E-state index in [1.807, 2.05) is 18.2 Å². The van der Waals surface area contributed by atoms with Gasteiger partial charge in [0.15, 0.2) is 0 Å². The molecule has 15 fully saturated rings. The monoisotopic (exact) mass is 1360 g/mol. The van der Waals surface area contributed by atoms with Gasteiger partial charge in [-0.1, -0.05) is 89.3 Å². The van der Waals surface area contributed by atoms with E-state index in [1.165, 1.54) is 32.1 Å². The predicted molar refractivity (Wildman–Crippen MR) is 331 cm³/mol. The summed E-state index contributed by atoms with van der Waals surface area (Å²) in [7, 11) is 0. The molecule has 19 rings (SSSR count). The molecule has 0 aromatic rings. The van der Waals surface area contributed by atoms with Crippen LogP contribution >= 0.6 is 0 Å². The van der Waals surface area contributed by atoms with Crippen LogP contribution in [0.15, 0.2) is 85.6 Å². The van der Waals surface area contributed by atoms with Gasteiger partial charge in [-0.3, -0.25) is 62.3 Å². The Morgan fingerprint density at radius 1 is 0.439 bits per heavy atom. The predicted octanol–water partition coefficient (Wildman–Crippen LogP) is 7.74. The summed E-state index contributed by atoms with van der Waals surface area (Å²) < 4.78 is 41.6. The summed E-state index contributed by atoms with van der Waals surface area (Å²) in [6, 6.07) is 0. The lowest BCUT2D eigenvalue weighted by Crippen LogP contribution is -2.33. The number of hydrogen-bond acceptors (Lipinski definition) is 24. The van der Waals surface area contributed by atoms with Crippen molar-refractivity contribution in [3.05, 3.63) is 85.6 Å². The van der Waals surface area contributed by atoms with Crippen LogP contribution in [0.1, 0.15) is 129 Å². The van der Waals surface area contributed by atoms with Crippen LogP contribution in [0.2, 0.25) is 0 Å². The molecule has 19 aliphatic rings. The van der Waals surface area contributed by atoms with Crippen molar-refractivity contribution < 1.29 is 120 Å². The Morgan fingerprint density at radius 3 is 1.37 bits per heavy atom. The van der Waals surface area contributed by atoms with Crippen molar-refractivity contribution in [3.63, 3.8) is 0 Å². The van der Waals surface area contributed by atoms with Crippen LogP contribution in [0.3, 0.4) is 0 Å². The lowest BCUT2D eigenvalue weighted by molar-refractivity contribution is -0.156. The van der Waals surface area contributed by atoms with Gasteiger partial charge in [0.05, 0.1) is 72.0 Å². The first kappa shape index (κ1) is 70.5. The second-order valence-electron chi connectivity index (χ2n) is 28.6. The van der Waals surface area contributed by atoms with Crippen LogP contribution in [0.25, 0.3) is 0 Å². The lowest BCUT2D eigenvalue weighted by Gasteiger charge is -2.26. The van der Waals surface area contributed by atoms with Crippen LogP contribution in [0, 0.1) is 136 Å². The molecule has 524 valence electrons. The fraction of sp³-hybridized carbons (Fsp3) is 0.603. The quantitative estimate of drug-likeness (QED) is 0.0927. The zero-order chi connectivity index (χ0) is 70.1. The van der Waals surface area contributed by atoms with Gasteiger partial charge in [0.1, 0.15) is 23.4 Å². The van der Waals surface area contributed by atoms with Gasteiger partial charge in [0.25, 0.3) is 6.47 Å². The van der Waals surface area contributed by atoms with Gasteiger partial charge < -0.3 is 47.7 Å². The summed E-state index contributed by atoms with van der Waals surface area (Å²) in [5.41, 5.74) is 0. The van der Waals surface area contributed by atoms with Crippen molar-refractivity contribution in [2.45, 2.75) is 136 Å². The van der Waals surface area contributed by atoms with E-state index in [0.29, 0.717) is 72.4 Å². The Bertz CT molecular complexity index is 3300. The molecule has 8 aliphatic heterocycles. The van der Waals surface area contributed by atoms with E-state index in [9.17, 15) is 71.9 Å². The van der Waals surface area contributed by atoms with Crippen molar-refractivity contribution in [3.8, 4) is 0 Å². The minimum Gasteiger partial charge on any atom is -0.481 e. The first-order chi connectivity index (χ1) is 46.8. The normalized spacial score (nSPS) is 40.1. The standard InChI is InChI=1S/C11H14O2.C10H10O3.C10H12O2.C9H8O3.C9H10O2.C8H12O4.C8H10O3.C4H4O3.C4H2O3/c1-5-7-3-4-8(5)10-9(7)6(2)13-11(10)12;1-4-5-2-3-6(4)8-7(5)9(11)13-10(8)12;1-5-8-6-2-3-7(4-6)9(8)10(11)12-5;10-8-6-4-1-2-5(3-4)7(6)9(11)12-8;1-6-7-4-2-3-5-8(7)9(10)11-6;9-5-12-7-4-2-1-3-6(7)8(10)11;9-7-5-3-1-2-4-6(5)8(10)11-7;2*5-3-1-2-4(6)7-3/h5,7-10H,2-4H2,1H3;2-8H,1H3;6-9H,1-4H2;1-2,4-7H,3H2;2-3,7-8H,1,4-5H2;5-7H,1-4H2,(H,10,11);5-6H,1-4H2;1-2H2;1-2H. The zero-order valence-corrected chi connectivity index (χ0v) is 54.6. The van der Waals surface area contributed by atoms with E-state index in [2.05, 4.69) is 75.5 Å². The van der Waals surface area contributed by atoms with Crippen LogP contribution in [-0.2, 0) is 115 Å². The highest BCUT2D eigenvalue weighted by molar-refractivity contribution is 6.05. The Morgan fingerprint density at radius 2 is 0.888 bits per heavy atom. The third-order valence-corrected chi connectivity index (χ3v) is 23.6. The first-order valence-electron chi connectivity index (χ1n) is 34.3. The van der Waals surface area contributed by atoms with Gasteiger partial charge >= 0.3 is 83.6 Å². The smallest absolute Gasteiger partial charge is 0.338 e. The van der Waals surface area contributed by atoms with Crippen molar-refractivity contribution in [1.82, 2.24) is 0 Å². The molecule has 0 amide bonds. The number of cyclic esters (lactones) is 13. The minimum atomic E-state index is -0.860. The highest BCUT2D eigenvalue weighted by Crippen LogP contribution is 2.62. The fourth-order valence-corrected chi connectivity index (χ4v) is 18.9. The molecule has 23 atom stereocenters. The average molecular weight is 1360 g/mol. The summed E-state index contributed by atoms with van der Waals surface area (Å²) in [6.07, 6.45) is 30.5. The van der Waals surface area contributed by atoms with E-state index >= 15 is 0 Å². The number of carboxylic acids is 1. The second-order valence-corrected chi connectivity index (χ2v) is 28.6. The molecule has 8 saturated carbocycles. The molecule has 98 heavy (non-hydrogen) atoms. The largest absolute Gasteiger partial charge is 0.481 e. The number of carbonyl (C=O) groups excluding carboxylic acids is 14. The van der Waals surface area contributed by atoms with Crippen LogP contribution in [0.5, 0.6) is 0 Å². The number of aliphatic carboxylic acids is 1. The Hall–Kier alpha value is -8.77. The molecule has 1 N–H and O–H groups in total. The molecule has 23 unspecified atom stereocenters. The van der Waals surface area contributed by atoms with E-state index in [4.69, 9.17) is 24.1 Å². The summed E-state index contributed by atoms with van der Waals surface area (Å²) in [5, 5.41) is 8.74. The van der Waals surface area contributed by atoms with Gasteiger partial charge in [-0.15, -0.1) is 0 Å². The molecule has 7 saturated heterocycles. The number of carboxylic acid groups (broad SMARTS) is 1. The molecular formula is C73H82O25. The van der Waals surface area contributed by atoms with Crippen molar-refractivity contribution in [1.29, 1.82) is 0 Å². The molecule has 8 heterocycles. The molecule has 8 bridgehead atoms. The first-order valence-corrected chi connectivity index (χ1v) is 34.3. The Kier molecular flexibility index (Phi) is 21.4. The van der Waals surface area contributed by atoms with Crippen molar-refractivity contribution in [2.75, 3.05) is 0 Å². The number of allylic oxidation sites excluding steroid dienone is 9. The maximum absolute atomic E-state index is 11.5. The molecule has 25 nitrogen and oxygen atoms in total. The molecule has 0 aromatic heterocycles. The van der Waals surface area contributed by atoms with E-state index in [1.54, 1.807) is 0 Å². The van der Waals surface area contributed by atoms with Crippen LogP contribution in [-0.4, -0.2) is 101 Å². The number of fused-ring (bicyclic) bond motifs is 22. The second kappa shape index (κ2) is 29.7. The van der Waals surface area contributed by atoms with Gasteiger partial charge in [0, 0.05) is 29.9 Å². The maximum atomic E-state index is 11.5. The summed E-state index contributed by atoms with van der Waals surface area (Å²) in [4.78, 5) is 161. The zero-order valence-electron chi connectivity index (χ0n) is 54.6. The van der Waals surface area contributed by atoms with Gasteiger partial charge in [-0.2, -0.15) is 0 Å². The highest BCUT2D eigenvalue weighted by Gasteiger charge is 2.63. The van der Waals surface area contributed by atoms with Crippen molar-refractivity contribution >= 4 is 90.0 Å². The molecule has 25 heteroatoms. The van der Waals surface area contributed by atoms with Crippen LogP contribution < -0.4 is 0 Å². The number of rotatable bonds is 3. The van der Waals surface area contributed by atoms with Crippen LogP contribution in [0.4, 0.5) is 0 Å². The number of esters is 13. The van der Waals surface area contributed by atoms with E-state index in [0.717, 1.165) is 81.5 Å². The van der Waals surface area contributed by atoms with E-state index in [-0.39, 0.29) is 149 Å². The lowest BCUT2D eigenvalue weighted by atomic mass is 9.80. The van der Waals surface area contributed by atoms with Gasteiger partial charge in [-0.25, -0.2) is 9.59 Å². The maximum Gasteiger partial charge on any atom is 0.338 e. The summed E-state index contributed by atoms with van der Waals surface area (Å²) in [5.74, 6) is 2.30. The SMILES string of the molecule is C=C1OC(=O)C2C3CCC(C3)C12.C=C1OC(=O)C2C3CCC(C3C)C12.C=C1OC(=O)C2CC=CCC12.CC1C2C=CC1C1C(=O)OC(=O)C21.O=C1C=CC(=O)O1.O=C1CCC(=O)O1.O=C1OC(=O)C2C3C=CC(C3)C12.O=C1OC(=O)C2CCCCC12.O=COC1CCCCC1C(=O)O. The van der Waals surface area contributed by atoms with Gasteiger partial charge in [0.2, 0.25) is 0 Å². The molecular weight excluding hydrogens is 1280 g/mol. The molecule has 11 aliphatic carbocycles. The number of carbonyl (C=O) groups is 15. The highest BCUT2D eigenvalue weighted by atomic mass is 16.6. The number of hydrogen-bond donors (Lipinski definition) is 1. The third kappa shape index (κ3) is 14.3. The molecule has 0 aromatic carbocycles. The van der Waals surface area contributed by atoms with Crippen molar-refractivity contribution in [2.24, 2.45) is 136 Å². The summed E-state index contributed by atoms with van der Waals surface area (Å²) >= 11 is 0. The molecule has 0 radical (unpaired) electrons. The number of ether oxygens (including phenoxy) is 9.